The van der Waals surface area contributed by atoms with Crippen molar-refractivity contribution in [2.45, 2.75) is 55.8 Å². The van der Waals surface area contributed by atoms with Crippen LogP contribution in [0, 0.1) is 24.2 Å². The van der Waals surface area contributed by atoms with Gasteiger partial charge in [-0.05, 0) is 90.3 Å². The van der Waals surface area contributed by atoms with Crippen LogP contribution in [0.1, 0.15) is 60.8 Å². The smallest absolute Gasteiger partial charge is 0.0992 e. The van der Waals surface area contributed by atoms with Gasteiger partial charge in [0, 0.05) is 4.90 Å². The fraction of sp³-hybridized carbons (Fsp3) is 0.423. The molecule has 3 heteroatoms. The van der Waals surface area contributed by atoms with Crippen molar-refractivity contribution in [3.63, 3.8) is 0 Å². The first kappa shape index (κ1) is 22.1. The first-order chi connectivity index (χ1) is 14.1. The minimum Gasteiger partial charge on any atom is -0.192 e. The van der Waals surface area contributed by atoms with E-state index in [1.807, 2.05) is 18.2 Å². The van der Waals surface area contributed by atoms with Gasteiger partial charge in [-0.1, -0.05) is 49.8 Å². The molecule has 0 unspecified atom stereocenters. The highest BCUT2D eigenvalue weighted by Crippen LogP contribution is 2.51. The molecule has 2 fully saturated rings. The van der Waals surface area contributed by atoms with Gasteiger partial charge < -0.3 is 0 Å². The zero-order valence-corrected chi connectivity index (χ0v) is 19.1. The van der Waals surface area contributed by atoms with Crippen molar-refractivity contribution in [1.82, 2.24) is 0 Å². The lowest BCUT2D eigenvalue weighted by Gasteiger charge is -2.44. The number of aryl methyl sites for hydroxylation is 1. The van der Waals surface area contributed by atoms with Crippen LogP contribution in [0.15, 0.2) is 53.9 Å². The lowest BCUT2D eigenvalue weighted by molar-refractivity contribution is 0.248. The zero-order chi connectivity index (χ0) is 20.7. The number of rotatable bonds is 3. The largest absolute Gasteiger partial charge is 0.192 e. The third-order valence-corrected chi connectivity index (χ3v) is 7.79. The second kappa shape index (κ2) is 10.4. The Morgan fingerprint density at radius 3 is 2.45 bits per heavy atom. The standard InChI is InChI=1S/C19H26S.C7H5NS/c1-3-16-9-8-15(2)18(14-16)19(10-12-20-13-11-19)17-6-4-5-7-17;8-5-6-2-1-3-7(9)4-6/h3,8-9,14,17H,1,4-7,10-13H2,2H3;1-4,9H. The molecule has 1 aliphatic heterocycles. The Morgan fingerprint density at radius 2 is 1.86 bits per heavy atom. The Morgan fingerprint density at radius 1 is 1.14 bits per heavy atom. The number of thioether (sulfide) groups is 1. The number of nitriles is 1. The molecule has 0 atom stereocenters. The van der Waals surface area contributed by atoms with Gasteiger partial charge in [-0.3, -0.25) is 0 Å². The highest BCUT2D eigenvalue weighted by atomic mass is 32.2. The molecule has 1 nitrogen and oxygen atoms in total. The van der Waals surface area contributed by atoms with E-state index >= 15 is 0 Å². The molecule has 0 radical (unpaired) electrons. The monoisotopic (exact) mass is 421 g/mol. The van der Waals surface area contributed by atoms with Crippen LogP contribution in [0.25, 0.3) is 6.08 Å². The van der Waals surface area contributed by atoms with E-state index in [-0.39, 0.29) is 0 Å². The molecule has 0 spiro atoms. The van der Waals surface area contributed by atoms with Crippen molar-refractivity contribution in [3.05, 3.63) is 71.3 Å². The summed E-state index contributed by atoms with van der Waals surface area (Å²) in [6, 6.07) is 16.1. The molecular formula is C26H31NS2. The van der Waals surface area contributed by atoms with E-state index < -0.39 is 0 Å². The van der Waals surface area contributed by atoms with Crippen LogP contribution >= 0.6 is 24.4 Å². The SMILES string of the molecule is C=Cc1ccc(C)c(C2(C3CCCC3)CCSCC2)c1.N#Cc1cccc(S)c1. The average molecular weight is 422 g/mol. The van der Waals surface area contributed by atoms with Gasteiger partial charge in [-0.2, -0.15) is 17.0 Å². The fourth-order valence-electron chi connectivity index (χ4n) is 4.99. The van der Waals surface area contributed by atoms with E-state index in [0.29, 0.717) is 11.0 Å². The lowest BCUT2D eigenvalue weighted by Crippen LogP contribution is -2.38. The minimum atomic E-state index is 0.463. The summed E-state index contributed by atoms with van der Waals surface area (Å²) in [6.45, 7) is 6.27. The first-order valence-electron chi connectivity index (χ1n) is 10.6. The van der Waals surface area contributed by atoms with Gasteiger partial charge >= 0.3 is 0 Å². The third-order valence-electron chi connectivity index (χ3n) is 6.53. The van der Waals surface area contributed by atoms with Gasteiger partial charge in [0.15, 0.2) is 0 Å². The molecule has 1 heterocycles. The number of thiol groups is 1. The molecule has 1 saturated heterocycles. The van der Waals surface area contributed by atoms with E-state index in [1.54, 1.807) is 23.8 Å². The molecule has 0 bridgehead atoms. The molecule has 2 aromatic rings. The summed E-state index contributed by atoms with van der Waals surface area (Å²) in [5, 5.41) is 8.38. The molecule has 2 aliphatic rings. The Balaban J connectivity index is 0.000000224. The summed E-state index contributed by atoms with van der Waals surface area (Å²) in [5.41, 5.74) is 5.55. The van der Waals surface area contributed by atoms with Crippen LogP contribution in [0.2, 0.25) is 0 Å². The second-order valence-electron chi connectivity index (χ2n) is 8.19. The molecular weight excluding hydrogens is 390 g/mol. The van der Waals surface area contributed by atoms with Crippen LogP contribution < -0.4 is 0 Å². The Hall–Kier alpha value is -1.63. The van der Waals surface area contributed by atoms with Gasteiger partial charge in [-0.15, -0.1) is 12.6 Å². The summed E-state index contributed by atoms with van der Waals surface area (Å²) >= 11 is 6.20. The maximum absolute atomic E-state index is 8.38. The predicted molar refractivity (Wildman–Crippen MR) is 130 cm³/mol. The summed E-state index contributed by atoms with van der Waals surface area (Å²) < 4.78 is 0. The average Bonchev–Trinajstić information content (AvgIpc) is 3.31. The van der Waals surface area contributed by atoms with Crippen molar-refractivity contribution >= 4 is 30.5 Å². The summed E-state index contributed by atoms with van der Waals surface area (Å²) in [6.07, 6.45) is 10.5. The van der Waals surface area contributed by atoms with Gasteiger partial charge in [-0.25, -0.2) is 0 Å². The number of hydrogen-bond acceptors (Lipinski definition) is 3. The quantitative estimate of drug-likeness (QED) is 0.521. The van der Waals surface area contributed by atoms with Crippen molar-refractivity contribution < 1.29 is 0 Å². The van der Waals surface area contributed by atoms with Crippen molar-refractivity contribution in [2.75, 3.05) is 11.5 Å². The molecule has 1 saturated carbocycles. The van der Waals surface area contributed by atoms with Gasteiger partial charge in [0.05, 0.1) is 11.6 Å². The van der Waals surface area contributed by atoms with Gasteiger partial charge in [0.2, 0.25) is 0 Å². The van der Waals surface area contributed by atoms with E-state index in [4.69, 9.17) is 5.26 Å². The van der Waals surface area contributed by atoms with Gasteiger partial charge in [0.1, 0.15) is 0 Å². The first-order valence-corrected chi connectivity index (χ1v) is 12.2. The van der Waals surface area contributed by atoms with Gasteiger partial charge in [0.25, 0.3) is 0 Å². The fourth-order valence-corrected chi connectivity index (χ4v) is 6.44. The van der Waals surface area contributed by atoms with E-state index in [1.165, 1.54) is 61.2 Å². The molecule has 2 aromatic carbocycles. The molecule has 0 aromatic heterocycles. The normalized spacial score (nSPS) is 18.4. The van der Waals surface area contributed by atoms with E-state index in [0.717, 1.165) is 10.8 Å². The molecule has 29 heavy (non-hydrogen) atoms. The van der Waals surface area contributed by atoms with Crippen molar-refractivity contribution in [2.24, 2.45) is 5.92 Å². The summed E-state index contributed by atoms with van der Waals surface area (Å²) in [7, 11) is 0. The van der Waals surface area contributed by atoms with Crippen LogP contribution in [-0.4, -0.2) is 11.5 Å². The Bertz CT molecular complexity index is 869. The highest BCUT2D eigenvalue weighted by molar-refractivity contribution is 7.99. The predicted octanol–water partition coefficient (Wildman–Crippen LogP) is 7.44. The molecule has 0 amide bonds. The van der Waals surface area contributed by atoms with Crippen LogP contribution in [-0.2, 0) is 5.41 Å². The third kappa shape index (κ3) is 5.30. The number of hydrogen-bond donors (Lipinski definition) is 1. The summed E-state index contributed by atoms with van der Waals surface area (Å²) in [4.78, 5) is 0.828. The van der Waals surface area contributed by atoms with Crippen molar-refractivity contribution in [3.8, 4) is 6.07 Å². The van der Waals surface area contributed by atoms with Crippen molar-refractivity contribution in [1.29, 1.82) is 5.26 Å². The van der Waals surface area contributed by atoms with Crippen LogP contribution in [0.5, 0.6) is 0 Å². The zero-order valence-electron chi connectivity index (χ0n) is 17.4. The molecule has 4 rings (SSSR count). The molecule has 0 N–H and O–H groups in total. The molecule has 1 aliphatic carbocycles. The van der Waals surface area contributed by atoms with Crippen LogP contribution in [0.4, 0.5) is 0 Å². The molecule has 152 valence electrons. The second-order valence-corrected chi connectivity index (χ2v) is 9.93. The summed E-state index contributed by atoms with van der Waals surface area (Å²) in [5.74, 6) is 3.60. The highest BCUT2D eigenvalue weighted by Gasteiger charge is 2.43. The number of nitrogens with zero attached hydrogens (tertiary/aromatic N) is 1. The Kier molecular flexibility index (Phi) is 7.92. The van der Waals surface area contributed by atoms with E-state index in [9.17, 15) is 0 Å². The van der Waals surface area contributed by atoms with Crippen LogP contribution in [0.3, 0.4) is 0 Å². The minimum absolute atomic E-state index is 0.463. The Labute approximate surface area is 186 Å². The maximum Gasteiger partial charge on any atom is 0.0992 e. The topological polar surface area (TPSA) is 23.8 Å². The number of benzene rings is 2. The van der Waals surface area contributed by atoms with E-state index in [2.05, 4.69) is 56.1 Å². The maximum atomic E-state index is 8.38. The lowest BCUT2D eigenvalue weighted by atomic mass is 9.64.